The summed E-state index contributed by atoms with van der Waals surface area (Å²) >= 11 is 0. The number of imidazole rings is 1. The molecule has 4 rings (SSSR count). The SMILES string of the molecule is O=C(CC1CCCCC1)c1coc(-c2cnc3cccnn23)c1. The van der Waals surface area contributed by atoms with Crippen LogP contribution >= 0.6 is 0 Å². The molecule has 3 aromatic rings. The second kappa shape index (κ2) is 5.99. The minimum Gasteiger partial charge on any atom is -0.462 e. The standard InChI is InChI=1S/C18H19N3O2/c22-16(9-13-5-2-1-3-6-13)14-10-17(23-12-14)15-11-19-18-7-4-8-20-21(15)18/h4,7-8,10-13H,1-3,5-6,9H2. The lowest BCUT2D eigenvalue weighted by molar-refractivity contribution is 0.0949. The van der Waals surface area contributed by atoms with E-state index in [-0.39, 0.29) is 5.78 Å². The molecule has 0 atom stereocenters. The minimum absolute atomic E-state index is 0.175. The van der Waals surface area contributed by atoms with Gasteiger partial charge in [0, 0.05) is 12.6 Å². The number of hydrogen-bond donors (Lipinski definition) is 0. The van der Waals surface area contributed by atoms with E-state index in [4.69, 9.17) is 4.42 Å². The normalized spacial score (nSPS) is 16.0. The van der Waals surface area contributed by atoms with E-state index in [1.165, 1.54) is 32.1 Å². The zero-order valence-corrected chi connectivity index (χ0v) is 12.9. The molecule has 0 radical (unpaired) electrons. The zero-order chi connectivity index (χ0) is 15.6. The summed E-state index contributed by atoms with van der Waals surface area (Å²) < 4.78 is 7.32. The van der Waals surface area contributed by atoms with Gasteiger partial charge in [-0.25, -0.2) is 9.50 Å². The van der Waals surface area contributed by atoms with E-state index in [9.17, 15) is 4.79 Å². The van der Waals surface area contributed by atoms with Gasteiger partial charge in [0.05, 0.1) is 11.8 Å². The third-order valence-corrected chi connectivity index (χ3v) is 4.65. The summed E-state index contributed by atoms with van der Waals surface area (Å²) in [5.41, 5.74) is 2.17. The third kappa shape index (κ3) is 2.79. The Kier molecular flexibility index (Phi) is 3.69. The van der Waals surface area contributed by atoms with Crippen LogP contribution in [0.15, 0.2) is 41.3 Å². The Morgan fingerprint density at radius 3 is 3.04 bits per heavy atom. The molecule has 1 aliphatic carbocycles. The van der Waals surface area contributed by atoms with Crippen LogP contribution in [0.4, 0.5) is 0 Å². The number of Topliss-reactive ketones (excluding diaryl/α,β-unsaturated/α-hetero) is 1. The Labute approximate surface area is 134 Å². The summed E-state index contributed by atoms with van der Waals surface area (Å²) in [4.78, 5) is 16.8. The van der Waals surface area contributed by atoms with Crippen LogP contribution in [0.2, 0.25) is 0 Å². The molecule has 5 heteroatoms. The highest BCUT2D eigenvalue weighted by atomic mass is 16.3. The first-order chi connectivity index (χ1) is 11.3. The number of fused-ring (bicyclic) bond motifs is 1. The molecule has 3 heterocycles. The number of carbonyl (C=O) groups excluding carboxylic acids is 1. The maximum absolute atomic E-state index is 12.5. The number of furan rings is 1. The molecular weight excluding hydrogens is 290 g/mol. The van der Waals surface area contributed by atoms with E-state index in [1.54, 1.807) is 23.2 Å². The predicted molar refractivity (Wildman–Crippen MR) is 86.2 cm³/mol. The van der Waals surface area contributed by atoms with Crippen molar-refractivity contribution in [1.29, 1.82) is 0 Å². The molecule has 1 saturated carbocycles. The van der Waals surface area contributed by atoms with E-state index in [0.29, 0.717) is 23.7 Å². The van der Waals surface area contributed by atoms with Gasteiger partial charge in [-0.15, -0.1) is 0 Å². The molecule has 23 heavy (non-hydrogen) atoms. The molecule has 0 aliphatic heterocycles. The molecule has 118 valence electrons. The number of hydrogen-bond acceptors (Lipinski definition) is 4. The average Bonchev–Trinajstić information content (AvgIpc) is 3.22. The van der Waals surface area contributed by atoms with Crippen molar-refractivity contribution in [2.75, 3.05) is 0 Å². The van der Waals surface area contributed by atoms with Gasteiger partial charge < -0.3 is 4.42 Å². The maximum Gasteiger partial charge on any atom is 0.166 e. The Balaban J connectivity index is 1.55. The van der Waals surface area contributed by atoms with Crippen molar-refractivity contribution in [3.05, 3.63) is 42.4 Å². The monoisotopic (exact) mass is 309 g/mol. The highest BCUT2D eigenvalue weighted by Crippen LogP contribution is 2.29. The molecule has 1 fully saturated rings. The number of ketones is 1. The Bertz CT molecular complexity index is 828. The summed E-state index contributed by atoms with van der Waals surface area (Å²) in [5.74, 6) is 1.34. The van der Waals surface area contributed by atoms with Crippen molar-refractivity contribution in [1.82, 2.24) is 14.6 Å². The van der Waals surface area contributed by atoms with Gasteiger partial charge in [0.1, 0.15) is 12.0 Å². The van der Waals surface area contributed by atoms with Crippen molar-refractivity contribution in [3.8, 4) is 11.5 Å². The maximum atomic E-state index is 12.5. The van der Waals surface area contributed by atoms with Crippen LogP contribution in [0.25, 0.3) is 17.1 Å². The molecule has 0 bridgehead atoms. The molecule has 0 N–H and O–H groups in total. The van der Waals surface area contributed by atoms with Gasteiger partial charge in [0.2, 0.25) is 0 Å². The summed E-state index contributed by atoms with van der Waals surface area (Å²) in [6.45, 7) is 0. The van der Waals surface area contributed by atoms with Gasteiger partial charge in [-0.1, -0.05) is 32.1 Å². The quantitative estimate of drug-likeness (QED) is 0.679. The van der Waals surface area contributed by atoms with Gasteiger partial charge in [-0.2, -0.15) is 5.10 Å². The molecule has 0 unspecified atom stereocenters. The topological polar surface area (TPSA) is 60.4 Å². The third-order valence-electron chi connectivity index (χ3n) is 4.65. The minimum atomic E-state index is 0.175. The fourth-order valence-electron chi connectivity index (χ4n) is 3.39. The average molecular weight is 309 g/mol. The summed E-state index contributed by atoms with van der Waals surface area (Å²) in [5, 5.41) is 4.27. The van der Waals surface area contributed by atoms with Crippen LogP contribution in [0, 0.1) is 5.92 Å². The van der Waals surface area contributed by atoms with Crippen LogP contribution in [-0.2, 0) is 0 Å². The van der Waals surface area contributed by atoms with Crippen molar-refractivity contribution in [3.63, 3.8) is 0 Å². The second-order valence-electron chi connectivity index (χ2n) is 6.27. The highest BCUT2D eigenvalue weighted by Gasteiger charge is 2.20. The fourth-order valence-corrected chi connectivity index (χ4v) is 3.39. The van der Waals surface area contributed by atoms with Crippen LogP contribution in [-0.4, -0.2) is 20.4 Å². The molecule has 3 aromatic heterocycles. The van der Waals surface area contributed by atoms with Crippen molar-refractivity contribution < 1.29 is 9.21 Å². The molecule has 0 amide bonds. The molecular formula is C18H19N3O2. The van der Waals surface area contributed by atoms with E-state index in [2.05, 4.69) is 10.1 Å². The van der Waals surface area contributed by atoms with Gasteiger partial charge in [0.25, 0.3) is 0 Å². The number of rotatable bonds is 4. The highest BCUT2D eigenvalue weighted by molar-refractivity contribution is 5.96. The van der Waals surface area contributed by atoms with Crippen LogP contribution in [0.5, 0.6) is 0 Å². The van der Waals surface area contributed by atoms with Gasteiger partial charge in [-0.3, -0.25) is 4.79 Å². The molecule has 0 spiro atoms. The Morgan fingerprint density at radius 1 is 1.30 bits per heavy atom. The Morgan fingerprint density at radius 2 is 2.17 bits per heavy atom. The van der Waals surface area contributed by atoms with Gasteiger partial charge in [0.15, 0.2) is 17.2 Å². The van der Waals surface area contributed by atoms with Crippen molar-refractivity contribution in [2.24, 2.45) is 5.92 Å². The molecule has 5 nitrogen and oxygen atoms in total. The predicted octanol–water partition coefficient (Wildman–Crippen LogP) is 4.14. The fraction of sp³-hybridized carbons (Fsp3) is 0.389. The van der Waals surface area contributed by atoms with Crippen LogP contribution in [0.3, 0.4) is 0 Å². The number of nitrogens with zero attached hydrogens (tertiary/aromatic N) is 3. The second-order valence-corrected chi connectivity index (χ2v) is 6.27. The largest absolute Gasteiger partial charge is 0.462 e. The molecule has 1 aliphatic rings. The molecule has 0 saturated heterocycles. The first-order valence-electron chi connectivity index (χ1n) is 8.22. The van der Waals surface area contributed by atoms with Crippen molar-refractivity contribution in [2.45, 2.75) is 38.5 Å². The Hall–Kier alpha value is -2.43. The van der Waals surface area contributed by atoms with E-state index >= 15 is 0 Å². The smallest absolute Gasteiger partial charge is 0.166 e. The van der Waals surface area contributed by atoms with Crippen molar-refractivity contribution >= 4 is 11.4 Å². The lowest BCUT2D eigenvalue weighted by Gasteiger charge is -2.20. The number of carbonyl (C=O) groups is 1. The summed E-state index contributed by atoms with van der Waals surface area (Å²) in [6, 6.07) is 5.53. The summed E-state index contributed by atoms with van der Waals surface area (Å²) in [7, 11) is 0. The van der Waals surface area contributed by atoms with E-state index < -0.39 is 0 Å². The van der Waals surface area contributed by atoms with E-state index in [1.807, 2.05) is 18.2 Å². The van der Waals surface area contributed by atoms with E-state index in [0.717, 1.165) is 11.3 Å². The summed E-state index contributed by atoms with van der Waals surface area (Å²) in [6.07, 6.45) is 11.8. The first-order valence-corrected chi connectivity index (χ1v) is 8.22. The first kappa shape index (κ1) is 14.2. The zero-order valence-electron chi connectivity index (χ0n) is 12.9. The van der Waals surface area contributed by atoms with Gasteiger partial charge >= 0.3 is 0 Å². The lowest BCUT2D eigenvalue weighted by Crippen LogP contribution is -2.11. The van der Waals surface area contributed by atoms with Crippen LogP contribution in [0.1, 0.15) is 48.9 Å². The lowest BCUT2D eigenvalue weighted by atomic mass is 9.85. The van der Waals surface area contributed by atoms with Gasteiger partial charge in [-0.05, 0) is 24.1 Å². The molecule has 0 aromatic carbocycles. The number of aromatic nitrogens is 3. The van der Waals surface area contributed by atoms with Crippen LogP contribution < -0.4 is 0 Å².